The summed E-state index contributed by atoms with van der Waals surface area (Å²) in [7, 11) is 0. The molecule has 0 saturated heterocycles. The molecule has 1 N–H and O–H groups in total. The monoisotopic (exact) mass is 300 g/mol. The van der Waals surface area contributed by atoms with Crippen molar-refractivity contribution in [3.63, 3.8) is 0 Å². The van der Waals surface area contributed by atoms with Gasteiger partial charge in [-0.1, -0.05) is 48.5 Å². The second kappa shape index (κ2) is 4.07. The Bertz CT molecular complexity index is 930. The Labute approximate surface area is 132 Å². The first-order valence-corrected chi connectivity index (χ1v) is 7.60. The summed E-state index contributed by atoms with van der Waals surface area (Å²) in [6.45, 7) is 0. The van der Waals surface area contributed by atoms with E-state index in [0.29, 0.717) is 11.1 Å². The highest BCUT2D eigenvalue weighted by atomic mass is 16.3. The molecule has 110 valence electrons. The molecule has 0 saturated carbocycles. The minimum Gasteiger partial charge on any atom is -0.507 e. The van der Waals surface area contributed by atoms with Crippen LogP contribution in [0, 0.1) is 0 Å². The van der Waals surface area contributed by atoms with E-state index in [1.54, 1.807) is 0 Å². The average Bonchev–Trinajstić information content (AvgIpc) is 2.59. The number of allylic oxidation sites excluding steroid dienone is 3. The lowest BCUT2D eigenvalue weighted by Gasteiger charge is -2.43. The number of rotatable bonds is 0. The molecule has 0 aromatic heterocycles. The molecule has 2 aromatic rings. The first kappa shape index (κ1) is 12.6. The maximum absolute atomic E-state index is 12.6. The number of Topliss-reactive ketones (excluding diaryl/α,β-unsaturated/α-hetero) is 1. The minimum atomic E-state index is -0.635. The number of carbonyl (C=O) groups excluding carboxylic acids is 2. The molecule has 4 aliphatic carbocycles. The third-order valence-corrected chi connectivity index (χ3v) is 5.12. The molecule has 0 amide bonds. The van der Waals surface area contributed by atoms with Crippen LogP contribution in [0.25, 0.3) is 0 Å². The Balaban J connectivity index is 1.91. The number of aliphatic hydroxyl groups excluding tert-OH is 1. The van der Waals surface area contributed by atoms with Crippen LogP contribution >= 0.6 is 0 Å². The Morgan fingerprint density at radius 3 is 1.61 bits per heavy atom. The number of benzene rings is 2. The molecule has 0 atom stereocenters. The minimum absolute atomic E-state index is 0.0661. The van der Waals surface area contributed by atoms with Crippen LogP contribution in [0.15, 0.2) is 71.5 Å². The topological polar surface area (TPSA) is 54.4 Å². The summed E-state index contributed by atoms with van der Waals surface area (Å²) in [5.41, 5.74) is 5.40. The molecular formula is C20H12O3. The number of ketones is 2. The van der Waals surface area contributed by atoms with Crippen molar-refractivity contribution in [1.29, 1.82) is 0 Å². The Hall–Kier alpha value is -2.94. The van der Waals surface area contributed by atoms with Gasteiger partial charge in [0.25, 0.3) is 0 Å². The van der Waals surface area contributed by atoms with E-state index in [1.165, 1.54) is 0 Å². The molecule has 0 unspecified atom stereocenters. The quantitative estimate of drug-likeness (QED) is 0.600. The smallest absolute Gasteiger partial charge is 0.230 e. The van der Waals surface area contributed by atoms with Gasteiger partial charge in [-0.2, -0.15) is 0 Å². The average molecular weight is 300 g/mol. The molecule has 3 heteroatoms. The van der Waals surface area contributed by atoms with E-state index in [0.717, 1.165) is 28.3 Å². The molecule has 23 heavy (non-hydrogen) atoms. The summed E-state index contributed by atoms with van der Waals surface area (Å²) < 4.78 is 0. The summed E-state index contributed by atoms with van der Waals surface area (Å²) in [4.78, 5) is 24.5. The van der Waals surface area contributed by atoms with Gasteiger partial charge in [0.15, 0.2) is 0 Å². The fourth-order valence-electron chi connectivity index (χ4n) is 4.28. The fourth-order valence-corrected chi connectivity index (χ4v) is 4.28. The van der Waals surface area contributed by atoms with Gasteiger partial charge in [0.2, 0.25) is 11.6 Å². The van der Waals surface area contributed by atoms with E-state index in [-0.39, 0.29) is 17.6 Å². The normalized spacial score (nSPS) is 24.1. The predicted molar refractivity (Wildman–Crippen MR) is 84.3 cm³/mol. The number of hydrogen-bond donors (Lipinski definition) is 1. The van der Waals surface area contributed by atoms with Gasteiger partial charge in [0.05, 0.1) is 0 Å². The third-order valence-electron chi connectivity index (χ3n) is 5.12. The largest absolute Gasteiger partial charge is 0.507 e. The maximum atomic E-state index is 12.6. The predicted octanol–water partition coefficient (Wildman–Crippen LogP) is 3.17. The SMILES string of the molecule is O=C1C=C(O)C2=C(C1=O)C1c3ccccc3C2c2ccccc21. The third kappa shape index (κ3) is 1.39. The van der Waals surface area contributed by atoms with Gasteiger partial charge in [-0.05, 0) is 22.3 Å². The zero-order valence-corrected chi connectivity index (χ0v) is 12.1. The van der Waals surface area contributed by atoms with Crippen molar-refractivity contribution in [1.82, 2.24) is 0 Å². The fraction of sp³-hybridized carbons (Fsp3) is 0.100. The van der Waals surface area contributed by atoms with Crippen LogP contribution in [0.1, 0.15) is 34.1 Å². The van der Waals surface area contributed by atoms with Crippen LogP contribution in [0.2, 0.25) is 0 Å². The van der Waals surface area contributed by atoms with E-state index < -0.39 is 11.6 Å². The zero-order chi connectivity index (χ0) is 15.7. The number of aliphatic hydroxyl groups is 1. The Morgan fingerprint density at radius 1 is 0.696 bits per heavy atom. The molecule has 0 fully saturated rings. The van der Waals surface area contributed by atoms with Crippen molar-refractivity contribution in [2.45, 2.75) is 11.8 Å². The van der Waals surface area contributed by atoms with Crippen molar-refractivity contribution in [3.8, 4) is 0 Å². The van der Waals surface area contributed by atoms with E-state index >= 15 is 0 Å². The Morgan fingerprint density at radius 2 is 1.13 bits per heavy atom. The van der Waals surface area contributed by atoms with Crippen LogP contribution in [0.4, 0.5) is 0 Å². The summed E-state index contributed by atoms with van der Waals surface area (Å²) in [6.07, 6.45) is 1.06. The van der Waals surface area contributed by atoms with Gasteiger partial charge < -0.3 is 5.11 Å². The molecule has 2 bridgehead atoms. The summed E-state index contributed by atoms with van der Waals surface area (Å²) in [5.74, 6) is -1.64. The first-order valence-electron chi connectivity index (χ1n) is 7.60. The van der Waals surface area contributed by atoms with E-state index in [4.69, 9.17) is 0 Å². The second-order valence-electron chi connectivity index (χ2n) is 6.17. The number of carbonyl (C=O) groups is 2. The Kier molecular flexibility index (Phi) is 2.23. The van der Waals surface area contributed by atoms with Crippen molar-refractivity contribution in [2.24, 2.45) is 0 Å². The van der Waals surface area contributed by atoms with Gasteiger partial charge in [-0.3, -0.25) is 9.59 Å². The van der Waals surface area contributed by atoms with E-state index in [2.05, 4.69) is 0 Å². The lowest BCUT2D eigenvalue weighted by atomic mass is 9.59. The molecule has 0 radical (unpaired) electrons. The van der Waals surface area contributed by atoms with E-state index in [9.17, 15) is 14.7 Å². The van der Waals surface area contributed by atoms with Crippen LogP contribution in [-0.2, 0) is 9.59 Å². The van der Waals surface area contributed by atoms with Crippen LogP contribution in [0.3, 0.4) is 0 Å². The summed E-state index contributed by atoms with van der Waals surface area (Å²) >= 11 is 0. The lowest BCUT2D eigenvalue weighted by molar-refractivity contribution is -0.132. The second-order valence-corrected chi connectivity index (χ2v) is 6.17. The molecule has 0 aliphatic heterocycles. The van der Waals surface area contributed by atoms with Crippen molar-refractivity contribution >= 4 is 11.6 Å². The summed E-state index contributed by atoms with van der Waals surface area (Å²) in [6, 6.07) is 16.0. The van der Waals surface area contributed by atoms with Gasteiger partial charge in [-0.25, -0.2) is 0 Å². The molecule has 0 heterocycles. The van der Waals surface area contributed by atoms with Gasteiger partial charge >= 0.3 is 0 Å². The standard InChI is InChI=1S/C20H12O3/c21-14-9-15(22)20(23)19-17-12-7-3-1-5-10(12)16(18(14)19)11-6-2-4-8-13(11)17/h1-9,16-17,21H. The zero-order valence-electron chi connectivity index (χ0n) is 12.1. The van der Waals surface area contributed by atoms with Crippen molar-refractivity contribution < 1.29 is 14.7 Å². The molecule has 6 rings (SSSR count). The van der Waals surface area contributed by atoms with E-state index in [1.807, 2.05) is 48.5 Å². The van der Waals surface area contributed by atoms with Crippen molar-refractivity contribution in [3.05, 3.63) is 93.8 Å². The molecule has 2 aromatic carbocycles. The molecular weight excluding hydrogens is 288 g/mol. The van der Waals surface area contributed by atoms with Crippen LogP contribution in [-0.4, -0.2) is 16.7 Å². The van der Waals surface area contributed by atoms with Gasteiger partial charge in [-0.15, -0.1) is 0 Å². The highest BCUT2D eigenvalue weighted by molar-refractivity contribution is 6.49. The highest BCUT2D eigenvalue weighted by Gasteiger charge is 2.48. The highest BCUT2D eigenvalue weighted by Crippen LogP contribution is 2.57. The van der Waals surface area contributed by atoms with Crippen LogP contribution in [0.5, 0.6) is 0 Å². The number of hydrogen-bond acceptors (Lipinski definition) is 3. The maximum Gasteiger partial charge on any atom is 0.230 e. The molecule has 0 spiro atoms. The van der Waals surface area contributed by atoms with Gasteiger partial charge in [0.1, 0.15) is 5.76 Å². The van der Waals surface area contributed by atoms with Crippen molar-refractivity contribution in [2.75, 3.05) is 0 Å². The lowest BCUT2D eigenvalue weighted by Crippen LogP contribution is -2.36. The summed E-state index contributed by atoms with van der Waals surface area (Å²) in [5, 5.41) is 10.4. The van der Waals surface area contributed by atoms with Crippen LogP contribution < -0.4 is 0 Å². The van der Waals surface area contributed by atoms with Gasteiger partial charge in [0, 0.05) is 29.1 Å². The first-order chi connectivity index (χ1) is 11.2. The molecule has 4 aliphatic rings. The molecule has 3 nitrogen and oxygen atoms in total.